The van der Waals surface area contributed by atoms with Gasteiger partial charge in [-0.15, -0.1) is 0 Å². The number of amides is 1. The van der Waals surface area contributed by atoms with E-state index in [0.717, 1.165) is 33.7 Å². The van der Waals surface area contributed by atoms with Crippen LogP contribution in [-0.2, 0) is 24.4 Å². The number of halogens is 1. The van der Waals surface area contributed by atoms with Crippen molar-refractivity contribution < 1.29 is 26.0 Å². The number of carbonyl (C=O) groups excluding carboxylic acids is 1. The van der Waals surface area contributed by atoms with Crippen LogP contribution in [0.4, 0.5) is 10.1 Å². The van der Waals surface area contributed by atoms with Crippen LogP contribution in [-0.4, -0.2) is 35.3 Å². The van der Waals surface area contributed by atoms with E-state index in [1.165, 1.54) is 42.7 Å². The summed E-state index contributed by atoms with van der Waals surface area (Å²) in [4.78, 5) is 15.6. The van der Waals surface area contributed by atoms with Crippen molar-refractivity contribution in [3.8, 4) is 11.1 Å². The number of fused-ring (bicyclic) bond motifs is 1. The molecule has 9 heteroatoms. The zero-order valence-electron chi connectivity index (χ0n) is 25.7. The van der Waals surface area contributed by atoms with E-state index >= 15 is 0 Å². The molecule has 0 bridgehead atoms. The number of rotatable bonds is 8. The normalized spacial score (nSPS) is 13.0. The second-order valence-corrected chi connectivity index (χ2v) is 16.4. The molecule has 1 atom stereocenters. The minimum atomic E-state index is -3.46. The Morgan fingerprint density at radius 1 is 0.778 bits per heavy atom. The highest BCUT2D eigenvalue weighted by Crippen LogP contribution is 2.38. The van der Waals surface area contributed by atoms with Crippen molar-refractivity contribution in [1.29, 1.82) is 0 Å². The van der Waals surface area contributed by atoms with Crippen LogP contribution in [0, 0.1) is 5.82 Å². The highest BCUT2D eigenvalue weighted by molar-refractivity contribution is 7.91. The predicted molar refractivity (Wildman–Crippen MR) is 178 cm³/mol. The standard InChI is InChI=1S/C36H34FNO5S2/c1-24(38(35(39)25-13-15-30(37)16-14-25)31-17-19-32(20-18-31)44(4,40)41)26-10-8-11-27(21-26)34-23-29(36(2,3)45(5,42)43)22-28-9-6-7-12-33(28)34/h6-24H,1-5H3. The van der Waals surface area contributed by atoms with Crippen molar-refractivity contribution in [3.05, 3.63) is 132 Å². The van der Waals surface area contributed by atoms with E-state index in [2.05, 4.69) is 0 Å². The minimum absolute atomic E-state index is 0.124. The zero-order chi connectivity index (χ0) is 32.7. The lowest BCUT2D eigenvalue weighted by molar-refractivity contribution is 0.0978. The second-order valence-electron chi connectivity index (χ2n) is 11.8. The average molecular weight is 644 g/mol. The van der Waals surface area contributed by atoms with Crippen molar-refractivity contribution in [2.45, 2.75) is 36.5 Å². The molecule has 5 rings (SSSR count). The molecule has 0 heterocycles. The quantitative estimate of drug-likeness (QED) is 0.173. The number of nitrogens with zero attached hydrogens (tertiary/aromatic N) is 1. The molecule has 0 fully saturated rings. The summed E-state index contributed by atoms with van der Waals surface area (Å²) in [7, 11) is -6.90. The van der Waals surface area contributed by atoms with Gasteiger partial charge in [0.15, 0.2) is 19.7 Å². The molecule has 45 heavy (non-hydrogen) atoms. The first-order valence-corrected chi connectivity index (χ1v) is 18.1. The van der Waals surface area contributed by atoms with Crippen LogP contribution >= 0.6 is 0 Å². The molecule has 0 radical (unpaired) electrons. The molecular weight excluding hydrogens is 610 g/mol. The lowest BCUT2D eigenvalue weighted by atomic mass is 9.90. The number of hydrogen-bond donors (Lipinski definition) is 0. The largest absolute Gasteiger partial charge is 0.301 e. The van der Waals surface area contributed by atoms with Crippen molar-refractivity contribution in [2.75, 3.05) is 17.4 Å². The Balaban J connectivity index is 1.65. The van der Waals surface area contributed by atoms with E-state index in [0.29, 0.717) is 11.3 Å². The Labute approximate surface area is 264 Å². The molecule has 0 saturated heterocycles. The lowest BCUT2D eigenvalue weighted by Crippen LogP contribution is -2.33. The molecule has 6 nitrogen and oxygen atoms in total. The van der Waals surface area contributed by atoms with Crippen LogP contribution in [0.25, 0.3) is 21.9 Å². The van der Waals surface area contributed by atoms with E-state index in [4.69, 9.17) is 0 Å². The second kappa shape index (κ2) is 11.9. The van der Waals surface area contributed by atoms with Crippen LogP contribution < -0.4 is 4.90 Å². The molecule has 0 aromatic heterocycles. The first-order chi connectivity index (χ1) is 21.1. The number of hydrogen-bond acceptors (Lipinski definition) is 5. The molecule has 0 saturated carbocycles. The Hall–Kier alpha value is -4.34. The maximum atomic E-state index is 14.0. The first-order valence-electron chi connectivity index (χ1n) is 14.3. The zero-order valence-corrected chi connectivity index (χ0v) is 27.3. The predicted octanol–water partition coefficient (Wildman–Crippen LogP) is 7.74. The van der Waals surface area contributed by atoms with Crippen LogP contribution in [0.1, 0.15) is 48.3 Å². The summed E-state index contributed by atoms with van der Waals surface area (Å²) >= 11 is 0. The lowest BCUT2D eigenvalue weighted by Gasteiger charge is -2.30. The molecule has 232 valence electrons. The maximum Gasteiger partial charge on any atom is 0.258 e. The summed E-state index contributed by atoms with van der Waals surface area (Å²) in [6, 6.07) is 30.2. The van der Waals surface area contributed by atoms with Gasteiger partial charge in [0.05, 0.1) is 15.7 Å². The van der Waals surface area contributed by atoms with Gasteiger partial charge >= 0.3 is 0 Å². The van der Waals surface area contributed by atoms with Gasteiger partial charge in [0.2, 0.25) is 0 Å². The molecule has 1 unspecified atom stereocenters. The van der Waals surface area contributed by atoms with Crippen molar-refractivity contribution in [3.63, 3.8) is 0 Å². The summed E-state index contributed by atoms with van der Waals surface area (Å²) in [6.45, 7) is 5.26. The highest BCUT2D eigenvalue weighted by atomic mass is 32.2. The van der Waals surface area contributed by atoms with E-state index in [-0.39, 0.29) is 16.4 Å². The fraction of sp³-hybridized carbons (Fsp3) is 0.194. The van der Waals surface area contributed by atoms with Crippen molar-refractivity contribution >= 4 is 42.0 Å². The first kappa shape index (κ1) is 32.1. The molecule has 0 aliphatic heterocycles. The van der Waals surface area contributed by atoms with E-state index in [1.807, 2.05) is 67.6 Å². The minimum Gasteiger partial charge on any atom is -0.301 e. The summed E-state index contributed by atoms with van der Waals surface area (Å²) in [6.07, 6.45) is 2.35. The molecule has 5 aromatic rings. The van der Waals surface area contributed by atoms with Gasteiger partial charge in [-0.25, -0.2) is 21.2 Å². The average Bonchev–Trinajstić information content (AvgIpc) is 3.00. The van der Waals surface area contributed by atoms with E-state index in [9.17, 15) is 26.0 Å². The van der Waals surface area contributed by atoms with Gasteiger partial charge in [0.25, 0.3) is 5.91 Å². The van der Waals surface area contributed by atoms with Gasteiger partial charge in [0.1, 0.15) is 5.82 Å². The molecule has 1 amide bonds. The Morgan fingerprint density at radius 3 is 2.04 bits per heavy atom. The van der Waals surface area contributed by atoms with Crippen LogP contribution in [0.5, 0.6) is 0 Å². The monoisotopic (exact) mass is 643 g/mol. The smallest absolute Gasteiger partial charge is 0.258 e. The van der Waals surface area contributed by atoms with Crippen LogP contribution in [0.2, 0.25) is 0 Å². The van der Waals surface area contributed by atoms with Gasteiger partial charge in [-0.3, -0.25) is 4.79 Å². The third-order valence-electron chi connectivity index (χ3n) is 8.40. The summed E-state index contributed by atoms with van der Waals surface area (Å²) in [5.41, 5.74) is 3.87. The summed E-state index contributed by atoms with van der Waals surface area (Å²) in [5, 5.41) is 1.85. The third-order valence-corrected chi connectivity index (χ3v) is 11.6. The molecule has 5 aromatic carbocycles. The number of carbonyl (C=O) groups is 1. The van der Waals surface area contributed by atoms with Gasteiger partial charge in [-0.1, -0.05) is 42.5 Å². The number of sulfone groups is 2. The Morgan fingerprint density at radius 2 is 1.42 bits per heavy atom. The van der Waals surface area contributed by atoms with E-state index in [1.54, 1.807) is 30.9 Å². The van der Waals surface area contributed by atoms with Gasteiger partial charge in [0, 0.05) is 23.8 Å². The number of anilines is 1. The third kappa shape index (κ3) is 6.41. The van der Waals surface area contributed by atoms with Gasteiger partial charge in [-0.05, 0) is 121 Å². The number of benzene rings is 5. The maximum absolute atomic E-state index is 14.0. The summed E-state index contributed by atoms with van der Waals surface area (Å²) in [5.74, 6) is -0.854. The van der Waals surface area contributed by atoms with Crippen molar-refractivity contribution in [1.82, 2.24) is 0 Å². The van der Waals surface area contributed by atoms with E-state index < -0.39 is 36.3 Å². The molecule has 0 spiro atoms. The Kier molecular flexibility index (Phi) is 8.46. The topological polar surface area (TPSA) is 88.6 Å². The van der Waals surface area contributed by atoms with Gasteiger partial charge < -0.3 is 4.90 Å². The molecular formula is C36H34FNO5S2. The fourth-order valence-electron chi connectivity index (χ4n) is 5.33. The SMILES string of the molecule is CC(c1cccc(-c2cc(C(C)(C)S(C)(=O)=O)cc3ccccc23)c1)N(C(=O)c1ccc(F)cc1)c1ccc(S(C)(=O)=O)cc1. The van der Waals surface area contributed by atoms with Gasteiger partial charge in [-0.2, -0.15) is 0 Å². The fourth-order valence-corrected chi connectivity index (χ4v) is 6.50. The molecule has 0 N–H and O–H groups in total. The van der Waals surface area contributed by atoms with Crippen LogP contribution in [0.15, 0.2) is 114 Å². The Bertz CT molecular complexity index is 2120. The van der Waals surface area contributed by atoms with Crippen LogP contribution in [0.3, 0.4) is 0 Å². The molecule has 0 aliphatic carbocycles. The van der Waals surface area contributed by atoms with Crippen molar-refractivity contribution in [2.24, 2.45) is 0 Å². The molecule has 0 aliphatic rings. The summed E-state index contributed by atoms with van der Waals surface area (Å²) < 4.78 is 62.4. The highest BCUT2D eigenvalue weighted by Gasteiger charge is 2.33.